The molecule has 0 unspecified atom stereocenters. The lowest BCUT2D eigenvalue weighted by atomic mass is 9.93. The van der Waals surface area contributed by atoms with E-state index in [1.165, 1.54) is 0 Å². The second-order valence-electron chi connectivity index (χ2n) is 5.43. The fourth-order valence-corrected chi connectivity index (χ4v) is 3.56. The summed E-state index contributed by atoms with van der Waals surface area (Å²) in [5.41, 5.74) is 0.999. The van der Waals surface area contributed by atoms with Crippen LogP contribution in [0.2, 0.25) is 0 Å². The first-order chi connectivity index (χ1) is 9.92. The second kappa shape index (κ2) is 6.47. The summed E-state index contributed by atoms with van der Waals surface area (Å²) in [6.07, 6.45) is 1.96. The van der Waals surface area contributed by atoms with Crippen molar-refractivity contribution in [3.63, 3.8) is 0 Å². The normalized spacial score (nSPS) is 16.9. The van der Waals surface area contributed by atoms with Crippen molar-refractivity contribution in [2.45, 2.75) is 31.1 Å². The predicted molar refractivity (Wildman–Crippen MR) is 81.4 cm³/mol. The first kappa shape index (κ1) is 15.8. The molecule has 1 N–H and O–H groups in total. The smallest absolute Gasteiger partial charge is 0.303 e. The maximum absolute atomic E-state index is 11.8. The van der Waals surface area contributed by atoms with Gasteiger partial charge in [-0.25, -0.2) is 8.42 Å². The molecule has 0 radical (unpaired) electrons. The number of piperidine rings is 1. The van der Waals surface area contributed by atoms with E-state index in [0.29, 0.717) is 4.90 Å². The van der Waals surface area contributed by atoms with Crippen molar-refractivity contribution in [2.24, 2.45) is 5.92 Å². The Hall–Kier alpha value is -1.56. The van der Waals surface area contributed by atoms with E-state index in [0.717, 1.165) is 31.6 Å². The molecule has 0 aromatic heterocycles. The minimum Gasteiger partial charge on any atom is -0.481 e. The fraction of sp³-hybridized carbons (Fsp3) is 0.533. The molecule has 2 rings (SSSR count). The summed E-state index contributed by atoms with van der Waals surface area (Å²) >= 11 is 0. The minimum absolute atomic E-state index is 0.104. The number of hydrogen-bond donors (Lipinski definition) is 1. The van der Waals surface area contributed by atoms with E-state index in [1.807, 2.05) is 12.1 Å². The zero-order chi connectivity index (χ0) is 15.5. The van der Waals surface area contributed by atoms with E-state index in [-0.39, 0.29) is 18.1 Å². The number of nitrogens with zero attached hydrogens (tertiary/aromatic N) is 1. The first-order valence-electron chi connectivity index (χ1n) is 7.22. The van der Waals surface area contributed by atoms with Crippen LogP contribution >= 0.6 is 0 Å². The summed E-state index contributed by atoms with van der Waals surface area (Å²) in [6.45, 7) is 3.27. The topological polar surface area (TPSA) is 74.7 Å². The largest absolute Gasteiger partial charge is 0.481 e. The molecular weight excluding hydrogens is 290 g/mol. The number of benzene rings is 1. The summed E-state index contributed by atoms with van der Waals surface area (Å²) in [7, 11) is -3.15. The van der Waals surface area contributed by atoms with E-state index in [2.05, 4.69) is 4.90 Å². The maximum atomic E-state index is 11.8. The number of sulfone groups is 1. The van der Waals surface area contributed by atoms with E-state index in [1.54, 1.807) is 19.1 Å². The lowest BCUT2D eigenvalue weighted by Crippen LogP contribution is -2.34. The van der Waals surface area contributed by atoms with Crippen molar-refractivity contribution in [2.75, 3.05) is 23.7 Å². The number of carbonyl (C=O) groups is 1. The molecule has 6 heteroatoms. The summed E-state index contributed by atoms with van der Waals surface area (Å²) < 4.78 is 23.5. The highest BCUT2D eigenvalue weighted by Crippen LogP contribution is 2.26. The SMILES string of the molecule is CCS(=O)(=O)c1ccc(N2CCC(CC(=O)O)CC2)cc1. The van der Waals surface area contributed by atoms with Gasteiger partial charge >= 0.3 is 5.97 Å². The summed E-state index contributed by atoms with van der Waals surface area (Å²) in [5.74, 6) is -0.381. The zero-order valence-corrected chi connectivity index (χ0v) is 13.0. The molecule has 5 nitrogen and oxygen atoms in total. The van der Waals surface area contributed by atoms with Crippen LogP contribution in [0, 0.1) is 5.92 Å². The van der Waals surface area contributed by atoms with Gasteiger partial charge in [0, 0.05) is 25.2 Å². The number of rotatable bonds is 5. The van der Waals surface area contributed by atoms with Crippen molar-refractivity contribution in [3.05, 3.63) is 24.3 Å². The van der Waals surface area contributed by atoms with Crippen LogP contribution in [-0.2, 0) is 14.6 Å². The molecule has 0 bridgehead atoms. The molecule has 0 saturated carbocycles. The summed E-state index contributed by atoms with van der Waals surface area (Å²) in [6, 6.07) is 6.97. The van der Waals surface area contributed by atoms with Crippen molar-refractivity contribution in [1.29, 1.82) is 0 Å². The van der Waals surface area contributed by atoms with Gasteiger partial charge in [-0.05, 0) is 43.0 Å². The van der Waals surface area contributed by atoms with Gasteiger partial charge in [0.15, 0.2) is 9.84 Å². The molecule has 1 fully saturated rings. The van der Waals surface area contributed by atoms with Gasteiger partial charge in [-0.3, -0.25) is 4.79 Å². The van der Waals surface area contributed by atoms with E-state index in [4.69, 9.17) is 5.11 Å². The molecular formula is C15H21NO4S. The molecule has 1 saturated heterocycles. The summed E-state index contributed by atoms with van der Waals surface area (Å²) in [4.78, 5) is 13.2. The standard InChI is InChI=1S/C15H21NO4S/c1-2-21(19,20)14-5-3-13(4-6-14)16-9-7-12(8-10-16)11-15(17)18/h3-6,12H,2,7-11H2,1H3,(H,17,18). The van der Waals surface area contributed by atoms with Crippen molar-refractivity contribution < 1.29 is 18.3 Å². The van der Waals surface area contributed by atoms with Gasteiger partial charge in [-0.2, -0.15) is 0 Å². The van der Waals surface area contributed by atoms with E-state index < -0.39 is 15.8 Å². The summed E-state index contributed by atoms with van der Waals surface area (Å²) in [5, 5.41) is 8.81. The lowest BCUT2D eigenvalue weighted by molar-refractivity contribution is -0.138. The Kier molecular flexibility index (Phi) is 4.88. The third-order valence-electron chi connectivity index (χ3n) is 4.02. The molecule has 21 heavy (non-hydrogen) atoms. The Morgan fingerprint density at radius 2 is 1.81 bits per heavy atom. The van der Waals surface area contributed by atoms with Crippen LogP contribution in [0.15, 0.2) is 29.2 Å². The van der Waals surface area contributed by atoms with Gasteiger partial charge in [-0.15, -0.1) is 0 Å². The average molecular weight is 311 g/mol. The van der Waals surface area contributed by atoms with Gasteiger partial charge in [-0.1, -0.05) is 6.92 Å². The molecule has 1 heterocycles. The predicted octanol–water partition coefficient (Wildman–Crippen LogP) is 2.17. The van der Waals surface area contributed by atoms with E-state index >= 15 is 0 Å². The molecule has 116 valence electrons. The van der Waals surface area contributed by atoms with Crippen LogP contribution in [-0.4, -0.2) is 38.3 Å². The van der Waals surface area contributed by atoms with Crippen molar-refractivity contribution in [3.8, 4) is 0 Å². The Bertz CT molecular complexity index is 587. The van der Waals surface area contributed by atoms with Crippen LogP contribution in [0.25, 0.3) is 0 Å². The molecule has 1 aliphatic heterocycles. The number of hydrogen-bond acceptors (Lipinski definition) is 4. The number of carboxylic acids is 1. The van der Waals surface area contributed by atoms with Crippen molar-refractivity contribution >= 4 is 21.5 Å². The highest BCUT2D eigenvalue weighted by atomic mass is 32.2. The first-order valence-corrected chi connectivity index (χ1v) is 8.87. The number of anilines is 1. The second-order valence-corrected chi connectivity index (χ2v) is 7.70. The number of carboxylic acid groups (broad SMARTS) is 1. The molecule has 0 aliphatic carbocycles. The Morgan fingerprint density at radius 1 is 1.24 bits per heavy atom. The fourth-order valence-electron chi connectivity index (χ4n) is 2.67. The van der Waals surface area contributed by atoms with Gasteiger partial charge in [0.05, 0.1) is 10.6 Å². The molecule has 0 atom stereocenters. The highest BCUT2D eigenvalue weighted by Gasteiger charge is 2.21. The van der Waals surface area contributed by atoms with Gasteiger partial charge in [0.1, 0.15) is 0 Å². The zero-order valence-electron chi connectivity index (χ0n) is 12.2. The molecule has 1 aromatic carbocycles. The van der Waals surface area contributed by atoms with Gasteiger partial charge < -0.3 is 10.0 Å². The number of aliphatic carboxylic acids is 1. The van der Waals surface area contributed by atoms with Crippen molar-refractivity contribution in [1.82, 2.24) is 0 Å². The molecule has 1 aliphatic rings. The third kappa shape index (κ3) is 3.97. The monoisotopic (exact) mass is 311 g/mol. The maximum Gasteiger partial charge on any atom is 0.303 e. The Morgan fingerprint density at radius 3 is 2.29 bits per heavy atom. The van der Waals surface area contributed by atoms with Crippen LogP contribution in [0.4, 0.5) is 5.69 Å². The van der Waals surface area contributed by atoms with Crippen LogP contribution in [0.5, 0.6) is 0 Å². The van der Waals surface area contributed by atoms with Crippen LogP contribution < -0.4 is 4.90 Å². The lowest BCUT2D eigenvalue weighted by Gasteiger charge is -2.33. The van der Waals surface area contributed by atoms with Gasteiger partial charge in [0.25, 0.3) is 0 Å². The third-order valence-corrected chi connectivity index (χ3v) is 5.77. The average Bonchev–Trinajstić information content (AvgIpc) is 2.47. The molecule has 0 amide bonds. The molecule has 1 aromatic rings. The minimum atomic E-state index is -3.15. The highest BCUT2D eigenvalue weighted by molar-refractivity contribution is 7.91. The van der Waals surface area contributed by atoms with Crippen LogP contribution in [0.3, 0.4) is 0 Å². The van der Waals surface area contributed by atoms with E-state index in [9.17, 15) is 13.2 Å². The Balaban J connectivity index is 2.00. The van der Waals surface area contributed by atoms with Crippen LogP contribution in [0.1, 0.15) is 26.2 Å². The Labute approximate surface area is 125 Å². The van der Waals surface area contributed by atoms with Gasteiger partial charge in [0.2, 0.25) is 0 Å². The molecule has 0 spiro atoms. The quantitative estimate of drug-likeness (QED) is 0.902.